The van der Waals surface area contributed by atoms with E-state index in [0.29, 0.717) is 11.3 Å². The molecule has 0 heterocycles. The largest absolute Gasteiger partial charge is 0.490 e. The van der Waals surface area contributed by atoms with Crippen LogP contribution in [-0.4, -0.2) is 16.8 Å². The summed E-state index contributed by atoms with van der Waals surface area (Å²) in [4.78, 5) is 0. The lowest BCUT2D eigenvalue weighted by Gasteiger charge is -2.25. The molecule has 0 radical (unpaired) electrons. The molecule has 2 N–H and O–H groups in total. The van der Waals surface area contributed by atoms with Crippen LogP contribution in [0.2, 0.25) is 0 Å². The van der Waals surface area contributed by atoms with Gasteiger partial charge in [-0.25, -0.2) is 0 Å². The van der Waals surface area contributed by atoms with Gasteiger partial charge < -0.3 is 14.9 Å². The van der Waals surface area contributed by atoms with Gasteiger partial charge in [0, 0.05) is 10.0 Å². The Balaban J connectivity index is 2.16. The summed E-state index contributed by atoms with van der Waals surface area (Å²) in [5.41, 5.74) is 0.388. The molecule has 112 valence electrons. The van der Waals surface area contributed by atoms with E-state index in [0.717, 1.165) is 10.0 Å². The highest BCUT2D eigenvalue weighted by molar-refractivity contribution is 9.10. The first-order chi connectivity index (χ1) is 9.90. The van der Waals surface area contributed by atoms with Crippen molar-refractivity contribution in [1.29, 1.82) is 0 Å². The summed E-state index contributed by atoms with van der Waals surface area (Å²) in [7, 11) is 0. The molecule has 0 aliphatic heterocycles. The second kappa shape index (κ2) is 6.60. The maximum Gasteiger partial charge on any atom is 0.125 e. The average Bonchev–Trinajstić information content (AvgIpc) is 2.47. The smallest absolute Gasteiger partial charge is 0.125 e. The molecule has 2 atom stereocenters. The topological polar surface area (TPSA) is 49.7 Å². The molecule has 4 heteroatoms. The molecule has 0 saturated heterocycles. The number of benzene rings is 2. The van der Waals surface area contributed by atoms with Gasteiger partial charge in [-0.2, -0.15) is 0 Å². The predicted octanol–water partition coefficient (Wildman–Crippen LogP) is 3.79. The Labute approximate surface area is 133 Å². The summed E-state index contributed by atoms with van der Waals surface area (Å²) in [6.07, 6.45) is -0.640. The van der Waals surface area contributed by atoms with Crippen LogP contribution in [0.4, 0.5) is 0 Å². The molecule has 0 aliphatic rings. The fourth-order valence-corrected chi connectivity index (χ4v) is 2.45. The van der Waals surface area contributed by atoms with Crippen molar-refractivity contribution in [2.45, 2.75) is 25.6 Å². The molecule has 1 unspecified atom stereocenters. The van der Waals surface area contributed by atoms with E-state index in [1.165, 1.54) is 0 Å². The Bertz CT molecular complexity index is 594. The van der Waals surface area contributed by atoms with Crippen molar-refractivity contribution in [2.75, 3.05) is 6.61 Å². The van der Waals surface area contributed by atoms with Crippen LogP contribution in [0.5, 0.6) is 5.75 Å². The third-order valence-electron chi connectivity index (χ3n) is 3.33. The molecule has 0 bridgehead atoms. The first kappa shape index (κ1) is 16.0. The fourth-order valence-electron chi connectivity index (χ4n) is 2.08. The lowest BCUT2D eigenvalue weighted by atomic mass is 9.97. The zero-order valence-corrected chi connectivity index (χ0v) is 13.7. The second-order valence-corrected chi connectivity index (χ2v) is 6.20. The summed E-state index contributed by atoms with van der Waals surface area (Å²) in [5.74, 6) is 0.574. The molecular weight excluding hydrogens is 332 g/mol. The van der Waals surface area contributed by atoms with E-state index in [4.69, 9.17) is 4.74 Å². The van der Waals surface area contributed by atoms with Gasteiger partial charge in [-0.3, -0.25) is 0 Å². The van der Waals surface area contributed by atoms with Crippen molar-refractivity contribution in [2.24, 2.45) is 0 Å². The van der Waals surface area contributed by atoms with E-state index in [-0.39, 0.29) is 6.61 Å². The van der Waals surface area contributed by atoms with Crippen molar-refractivity contribution < 1.29 is 14.9 Å². The van der Waals surface area contributed by atoms with Crippen molar-refractivity contribution in [3.05, 3.63) is 64.1 Å². The third-order valence-corrected chi connectivity index (χ3v) is 3.82. The van der Waals surface area contributed by atoms with Crippen molar-refractivity contribution in [3.63, 3.8) is 0 Å². The predicted molar refractivity (Wildman–Crippen MR) is 86.3 cm³/mol. The Morgan fingerprint density at radius 2 is 1.86 bits per heavy atom. The number of aliphatic hydroxyl groups excluding tert-OH is 1. The molecule has 0 spiro atoms. The molecular formula is C17H19BrO3. The van der Waals surface area contributed by atoms with E-state index < -0.39 is 11.7 Å². The highest BCUT2D eigenvalue weighted by Gasteiger charge is 2.24. The van der Waals surface area contributed by atoms with Crippen LogP contribution in [0.25, 0.3) is 0 Å². The van der Waals surface area contributed by atoms with Gasteiger partial charge >= 0.3 is 0 Å². The van der Waals surface area contributed by atoms with Crippen LogP contribution in [0, 0.1) is 0 Å². The second-order valence-electron chi connectivity index (χ2n) is 5.29. The van der Waals surface area contributed by atoms with Crippen molar-refractivity contribution in [3.8, 4) is 5.75 Å². The minimum absolute atomic E-state index is 0.109. The number of hydrogen-bond donors (Lipinski definition) is 2. The number of hydrogen-bond acceptors (Lipinski definition) is 3. The summed E-state index contributed by atoms with van der Waals surface area (Å²) >= 11 is 3.38. The van der Waals surface area contributed by atoms with Gasteiger partial charge in [0.25, 0.3) is 0 Å². The molecule has 2 aromatic carbocycles. The Kier molecular flexibility index (Phi) is 5.04. The molecule has 3 nitrogen and oxygen atoms in total. The fraction of sp³-hybridized carbons (Fsp3) is 0.294. The molecule has 0 aliphatic carbocycles. The molecule has 0 amide bonds. The van der Waals surface area contributed by atoms with Crippen LogP contribution >= 0.6 is 15.9 Å². The lowest BCUT2D eigenvalue weighted by molar-refractivity contribution is 0.00656. The minimum Gasteiger partial charge on any atom is -0.490 e. The molecule has 21 heavy (non-hydrogen) atoms. The van der Waals surface area contributed by atoms with Gasteiger partial charge in [0.1, 0.15) is 18.0 Å². The highest BCUT2D eigenvalue weighted by atomic mass is 79.9. The number of aliphatic hydroxyl groups is 2. The highest BCUT2D eigenvalue weighted by Crippen LogP contribution is 2.30. The van der Waals surface area contributed by atoms with Gasteiger partial charge in [0.2, 0.25) is 0 Å². The van der Waals surface area contributed by atoms with Crippen molar-refractivity contribution in [1.82, 2.24) is 0 Å². The van der Waals surface area contributed by atoms with Crippen LogP contribution in [0.3, 0.4) is 0 Å². The summed E-state index contributed by atoms with van der Waals surface area (Å²) in [6.45, 7) is 3.51. The summed E-state index contributed by atoms with van der Waals surface area (Å²) < 4.78 is 6.62. The molecule has 0 fully saturated rings. The van der Waals surface area contributed by atoms with Crippen LogP contribution in [-0.2, 0) is 5.60 Å². The zero-order valence-electron chi connectivity index (χ0n) is 12.1. The van der Waals surface area contributed by atoms with E-state index in [2.05, 4.69) is 15.9 Å². The van der Waals surface area contributed by atoms with E-state index >= 15 is 0 Å². The van der Waals surface area contributed by atoms with Crippen LogP contribution in [0.15, 0.2) is 53.0 Å². The number of rotatable bonds is 5. The molecule has 0 aromatic heterocycles. The number of ether oxygens (including phenoxy) is 1. The number of halogens is 1. The molecule has 2 rings (SSSR count). The van der Waals surface area contributed by atoms with Crippen LogP contribution < -0.4 is 4.74 Å². The van der Waals surface area contributed by atoms with E-state index in [1.807, 2.05) is 42.5 Å². The van der Waals surface area contributed by atoms with Gasteiger partial charge in [-0.15, -0.1) is 0 Å². The van der Waals surface area contributed by atoms with Gasteiger partial charge in [0.15, 0.2) is 0 Å². The van der Waals surface area contributed by atoms with Gasteiger partial charge in [-0.05, 0) is 37.6 Å². The van der Waals surface area contributed by atoms with Gasteiger partial charge in [-0.1, -0.05) is 46.3 Å². The average molecular weight is 351 g/mol. The molecule has 0 saturated carbocycles. The van der Waals surface area contributed by atoms with Crippen LogP contribution in [0.1, 0.15) is 31.1 Å². The lowest BCUT2D eigenvalue weighted by Crippen LogP contribution is -2.29. The third kappa shape index (κ3) is 4.06. The minimum atomic E-state index is -1.09. The Morgan fingerprint density at radius 1 is 1.19 bits per heavy atom. The maximum absolute atomic E-state index is 10.5. The first-order valence-corrected chi connectivity index (χ1v) is 7.57. The Morgan fingerprint density at radius 3 is 2.48 bits per heavy atom. The zero-order chi connectivity index (χ0) is 15.5. The summed E-state index contributed by atoms with van der Waals surface area (Å²) in [5, 5.41) is 20.3. The van der Waals surface area contributed by atoms with Crippen molar-refractivity contribution >= 4 is 15.9 Å². The van der Waals surface area contributed by atoms with E-state index in [9.17, 15) is 10.2 Å². The normalized spacial score (nSPS) is 15.3. The van der Waals surface area contributed by atoms with E-state index in [1.54, 1.807) is 19.9 Å². The maximum atomic E-state index is 10.5. The standard InChI is InChI=1S/C17H19BrO3/c1-12(19)15-10-14(18)8-9-16(15)21-11-17(2,20)13-6-4-3-5-7-13/h3-10,12,19-20H,11H2,1-2H3/t12-,17?/m0/s1. The van der Waals surface area contributed by atoms with Gasteiger partial charge in [0.05, 0.1) is 6.10 Å². The summed E-state index contributed by atoms with van der Waals surface area (Å²) in [6, 6.07) is 14.8. The Hall–Kier alpha value is -1.36. The first-order valence-electron chi connectivity index (χ1n) is 6.78. The monoisotopic (exact) mass is 350 g/mol. The SMILES string of the molecule is C[C@H](O)c1cc(Br)ccc1OCC(C)(O)c1ccccc1. The molecule has 2 aromatic rings. The quantitative estimate of drug-likeness (QED) is 0.862.